The van der Waals surface area contributed by atoms with Crippen molar-refractivity contribution < 1.29 is 51.4 Å². The van der Waals surface area contributed by atoms with Gasteiger partial charge in [-0.1, -0.05) is 28.9 Å². The molecule has 1 rings (SSSR count). The molecule has 0 saturated carbocycles. The summed E-state index contributed by atoms with van der Waals surface area (Å²) in [6.45, 7) is 0. The monoisotopic (exact) mass is 214 g/mol. The fourth-order valence-corrected chi connectivity index (χ4v) is 1.13. The second kappa shape index (κ2) is 5.75. The first kappa shape index (κ1) is 12.2. The summed E-state index contributed by atoms with van der Waals surface area (Å²) in [5, 5.41) is 4.72. The SMILES string of the molecule is C[N-]c1c(Cl)ccnc1Cl.[K+]. The molecule has 54 valence electrons. The molecule has 1 heterocycles. The summed E-state index contributed by atoms with van der Waals surface area (Å²) in [5.41, 5.74) is 0.547. The molecule has 1 aromatic rings. The summed E-state index contributed by atoms with van der Waals surface area (Å²) in [4.78, 5) is 3.80. The first-order chi connectivity index (χ1) is 4.75. The van der Waals surface area contributed by atoms with Gasteiger partial charge in [-0.2, -0.15) is 0 Å². The predicted molar refractivity (Wildman–Crippen MR) is 43.2 cm³/mol. The molecule has 0 unspecified atom stereocenters. The van der Waals surface area contributed by atoms with Crippen LogP contribution in [0.5, 0.6) is 0 Å². The molecule has 1 aromatic heterocycles. The minimum Gasteiger partial charge on any atom is -0.683 e. The van der Waals surface area contributed by atoms with Crippen LogP contribution < -0.4 is 51.4 Å². The zero-order chi connectivity index (χ0) is 7.56. The van der Waals surface area contributed by atoms with Crippen LogP contribution in [0, 0.1) is 0 Å². The fourth-order valence-electron chi connectivity index (χ4n) is 0.606. The van der Waals surface area contributed by atoms with Crippen LogP contribution in [-0.4, -0.2) is 12.0 Å². The predicted octanol–water partition coefficient (Wildman–Crippen LogP) is 0.0274. The van der Waals surface area contributed by atoms with Crippen LogP contribution in [-0.2, 0) is 0 Å². The summed E-state index contributed by atoms with van der Waals surface area (Å²) in [5.74, 6) is 0. The minimum absolute atomic E-state index is 0. The van der Waals surface area contributed by atoms with E-state index in [1.165, 1.54) is 0 Å². The van der Waals surface area contributed by atoms with Crippen LogP contribution >= 0.6 is 23.2 Å². The Balaban J connectivity index is 0.000001000. The molecule has 0 amide bonds. The van der Waals surface area contributed by atoms with E-state index < -0.39 is 0 Å². The molecule has 5 heteroatoms. The minimum atomic E-state index is 0. The summed E-state index contributed by atoms with van der Waals surface area (Å²) in [6, 6.07) is 1.65. The number of pyridine rings is 1. The van der Waals surface area contributed by atoms with Crippen molar-refractivity contribution in [2.45, 2.75) is 0 Å². The average Bonchev–Trinajstić information content (AvgIpc) is 1.88. The molecule has 0 aliphatic rings. The third kappa shape index (κ3) is 3.18. The Hall–Kier alpha value is 1.17. The number of hydrogen-bond acceptors (Lipinski definition) is 1. The molecule has 0 radical (unpaired) electrons. The number of rotatable bonds is 1. The zero-order valence-corrected chi connectivity index (χ0v) is 10.9. The van der Waals surface area contributed by atoms with E-state index in [-0.39, 0.29) is 51.4 Å². The first-order valence-corrected chi connectivity index (χ1v) is 3.41. The molecule has 0 bridgehead atoms. The summed E-state index contributed by atoms with van der Waals surface area (Å²) >= 11 is 11.4. The summed E-state index contributed by atoms with van der Waals surface area (Å²) in [6.07, 6.45) is 1.54. The third-order valence-corrected chi connectivity index (χ3v) is 1.64. The van der Waals surface area contributed by atoms with E-state index in [9.17, 15) is 0 Å². The van der Waals surface area contributed by atoms with Crippen LogP contribution in [0.3, 0.4) is 0 Å². The molecule has 0 atom stereocenters. The van der Waals surface area contributed by atoms with Crippen LogP contribution in [0.4, 0.5) is 5.69 Å². The van der Waals surface area contributed by atoms with E-state index in [1.54, 1.807) is 19.3 Å². The van der Waals surface area contributed by atoms with E-state index in [2.05, 4.69) is 10.3 Å². The van der Waals surface area contributed by atoms with Crippen molar-refractivity contribution in [1.29, 1.82) is 0 Å². The third-order valence-electron chi connectivity index (χ3n) is 1.05. The molecule has 0 aliphatic carbocycles. The zero-order valence-electron chi connectivity index (χ0n) is 6.31. The van der Waals surface area contributed by atoms with Gasteiger partial charge in [0.2, 0.25) is 0 Å². The molecule has 11 heavy (non-hydrogen) atoms. The Morgan fingerprint density at radius 3 is 2.45 bits per heavy atom. The number of aromatic nitrogens is 1. The molecule has 0 aliphatic heterocycles. The van der Waals surface area contributed by atoms with Gasteiger partial charge in [0.05, 0.1) is 0 Å². The average molecular weight is 215 g/mol. The number of nitrogens with zero attached hydrogens (tertiary/aromatic N) is 2. The normalized spacial score (nSPS) is 8.64. The van der Waals surface area contributed by atoms with Crippen LogP contribution in [0.1, 0.15) is 0 Å². The topological polar surface area (TPSA) is 27.0 Å². The maximum absolute atomic E-state index is 5.71. The molecule has 2 nitrogen and oxygen atoms in total. The van der Waals surface area contributed by atoms with Gasteiger partial charge in [-0.3, -0.25) is 0 Å². The van der Waals surface area contributed by atoms with E-state index >= 15 is 0 Å². The number of hydrogen-bond donors (Lipinski definition) is 0. The van der Waals surface area contributed by atoms with Gasteiger partial charge in [-0.25, -0.2) is 4.98 Å². The van der Waals surface area contributed by atoms with E-state index in [1.807, 2.05) is 0 Å². The first-order valence-electron chi connectivity index (χ1n) is 2.65. The maximum atomic E-state index is 5.71. The standard InChI is InChI=1S/C6H5Cl2N2.K/c1-9-5-4(7)2-3-10-6(5)8;/h2-3H,1H3;/q-1;+1. The molecular formula is C6H5Cl2KN2. The second-order valence-electron chi connectivity index (χ2n) is 1.66. The van der Waals surface area contributed by atoms with Gasteiger partial charge in [-0.05, 0) is 6.07 Å². The van der Waals surface area contributed by atoms with Gasteiger partial charge in [0, 0.05) is 11.2 Å². The second-order valence-corrected chi connectivity index (χ2v) is 2.42. The van der Waals surface area contributed by atoms with Crippen molar-refractivity contribution in [3.63, 3.8) is 0 Å². The summed E-state index contributed by atoms with van der Waals surface area (Å²) < 4.78 is 0. The van der Waals surface area contributed by atoms with Crippen LogP contribution in [0.2, 0.25) is 10.2 Å². The maximum Gasteiger partial charge on any atom is 1.00 e. The van der Waals surface area contributed by atoms with E-state index in [0.717, 1.165) is 0 Å². The number of halogens is 2. The van der Waals surface area contributed by atoms with Gasteiger partial charge in [0.25, 0.3) is 0 Å². The van der Waals surface area contributed by atoms with Crippen molar-refractivity contribution in [2.75, 3.05) is 7.05 Å². The fraction of sp³-hybridized carbons (Fsp3) is 0.167. The Labute approximate surface area is 118 Å². The van der Waals surface area contributed by atoms with Gasteiger partial charge >= 0.3 is 51.4 Å². The van der Waals surface area contributed by atoms with Crippen LogP contribution in [0.15, 0.2) is 12.3 Å². The Morgan fingerprint density at radius 1 is 1.45 bits per heavy atom. The van der Waals surface area contributed by atoms with Crippen molar-refractivity contribution in [3.05, 3.63) is 27.8 Å². The van der Waals surface area contributed by atoms with E-state index in [4.69, 9.17) is 23.2 Å². The Bertz CT molecular complexity index is 222. The smallest absolute Gasteiger partial charge is 0.683 e. The van der Waals surface area contributed by atoms with Gasteiger partial charge in [0.1, 0.15) is 5.15 Å². The molecule has 0 saturated heterocycles. The molecule has 0 fully saturated rings. The molecule has 0 aromatic carbocycles. The van der Waals surface area contributed by atoms with Crippen LogP contribution in [0.25, 0.3) is 5.32 Å². The van der Waals surface area contributed by atoms with Gasteiger partial charge in [-0.15, -0.1) is 7.05 Å². The van der Waals surface area contributed by atoms with Crippen molar-refractivity contribution >= 4 is 28.9 Å². The van der Waals surface area contributed by atoms with Crippen molar-refractivity contribution in [2.24, 2.45) is 0 Å². The summed E-state index contributed by atoms with van der Waals surface area (Å²) in [7, 11) is 1.62. The van der Waals surface area contributed by atoms with Gasteiger partial charge < -0.3 is 5.32 Å². The van der Waals surface area contributed by atoms with Gasteiger partial charge in [0.15, 0.2) is 0 Å². The quantitative estimate of drug-likeness (QED) is 0.479. The molecular weight excluding hydrogens is 210 g/mol. The van der Waals surface area contributed by atoms with Crippen molar-refractivity contribution in [1.82, 2.24) is 4.98 Å². The van der Waals surface area contributed by atoms with Crippen molar-refractivity contribution in [3.8, 4) is 0 Å². The molecule has 0 spiro atoms. The van der Waals surface area contributed by atoms with E-state index in [0.29, 0.717) is 15.9 Å². The largest absolute Gasteiger partial charge is 1.00 e. The molecule has 0 N–H and O–H groups in total. The Kier molecular flexibility index (Phi) is 6.36. The Morgan fingerprint density at radius 2 is 2.09 bits per heavy atom.